The Bertz CT molecular complexity index is 670. The Kier molecular flexibility index (Phi) is 5.05. The fraction of sp³-hybridized carbons (Fsp3) is 0.412. The molecule has 1 N–H and O–H groups in total. The van der Waals surface area contributed by atoms with Crippen molar-refractivity contribution >= 4 is 22.4 Å². The Labute approximate surface area is 140 Å². The zero-order valence-corrected chi connectivity index (χ0v) is 14.4. The summed E-state index contributed by atoms with van der Waals surface area (Å²) in [6.45, 7) is 3.08. The van der Waals surface area contributed by atoms with Gasteiger partial charge in [0, 0.05) is 30.9 Å². The quantitative estimate of drug-likeness (QED) is 0.913. The molecule has 0 atom stereocenters. The second kappa shape index (κ2) is 7.21. The molecule has 1 aliphatic rings. The molecule has 0 fully saturated rings. The van der Waals surface area contributed by atoms with Crippen LogP contribution in [0.2, 0.25) is 0 Å². The highest BCUT2D eigenvalue weighted by Gasteiger charge is 2.19. The molecule has 122 valence electrons. The van der Waals surface area contributed by atoms with Crippen LogP contribution in [-0.4, -0.2) is 47.9 Å². The number of rotatable bonds is 5. The van der Waals surface area contributed by atoms with Gasteiger partial charge in [-0.25, -0.2) is 4.98 Å². The number of nitrogens with zero attached hydrogens (tertiary/aromatic N) is 3. The van der Waals surface area contributed by atoms with Crippen LogP contribution in [0.4, 0.5) is 5.13 Å². The number of carbonyl (C=O) groups excluding carboxylic acids is 1. The maximum atomic E-state index is 12.2. The van der Waals surface area contributed by atoms with Crippen molar-refractivity contribution in [2.45, 2.75) is 19.5 Å². The summed E-state index contributed by atoms with van der Waals surface area (Å²) in [5.74, 6) is -0.0112. The van der Waals surface area contributed by atoms with Crippen LogP contribution in [0, 0.1) is 0 Å². The van der Waals surface area contributed by atoms with E-state index in [-0.39, 0.29) is 5.91 Å². The van der Waals surface area contributed by atoms with Crippen molar-refractivity contribution < 1.29 is 4.79 Å². The number of likely N-dealkylation sites (N-methyl/N-ethyl adjacent to an activating group) is 2. The number of anilines is 1. The number of fused-ring (bicyclic) bond motifs is 1. The summed E-state index contributed by atoms with van der Waals surface area (Å²) in [6, 6.07) is 10.2. The van der Waals surface area contributed by atoms with E-state index in [4.69, 9.17) is 0 Å². The average Bonchev–Trinajstić information content (AvgIpc) is 2.89. The van der Waals surface area contributed by atoms with Crippen molar-refractivity contribution in [2.24, 2.45) is 0 Å². The van der Waals surface area contributed by atoms with Crippen molar-refractivity contribution in [1.29, 1.82) is 0 Å². The molecule has 1 aromatic heterocycles. The second-order valence-corrected chi connectivity index (χ2v) is 7.17. The highest BCUT2D eigenvalue weighted by molar-refractivity contribution is 7.15. The molecule has 6 heteroatoms. The van der Waals surface area contributed by atoms with E-state index in [0.717, 1.165) is 36.9 Å². The third-order valence-corrected chi connectivity index (χ3v) is 4.88. The molecule has 0 saturated heterocycles. The fourth-order valence-corrected chi connectivity index (χ4v) is 3.84. The summed E-state index contributed by atoms with van der Waals surface area (Å²) < 4.78 is 0. The molecule has 1 aromatic carbocycles. The van der Waals surface area contributed by atoms with Gasteiger partial charge in [-0.3, -0.25) is 9.69 Å². The maximum Gasteiger partial charge on any atom is 0.240 e. The largest absolute Gasteiger partial charge is 0.301 e. The topological polar surface area (TPSA) is 48.5 Å². The second-order valence-electron chi connectivity index (χ2n) is 6.08. The summed E-state index contributed by atoms with van der Waals surface area (Å²) in [5.41, 5.74) is 2.34. The van der Waals surface area contributed by atoms with E-state index < -0.39 is 0 Å². The van der Waals surface area contributed by atoms with Crippen LogP contribution in [0.3, 0.4) is 0 Å². The van der Waals surface area contributed by atoms with E-state index >= 15 is 0 Å². The molecule has 1 aliphatic heterocycles. The van der Waals surface area contributed by atoms with E-state index in [2.05, 4.69) is 34.4 Å². The molecule has 23 heavy (non-hydrogen) atoms. The van der Waals surface area contributed by atoms with E-state index in [1.165, 1.54) is 10.4 Å². The normalized spacial score (nSPS) is 14.7. The minimum atomic E-state index is -0.0112. The van der Waals surface area contributed by atoms with Crippen LogP contribution in [0.5, 0.6) is 0 Å². The van der Waals surface area contributed by atoms with Gasteiger partial charge in [-0.15, -0.1) is 11.3 Å². The number of thiazole rings is 1. The molecule has 2 heterocycles. The lowest BCUT2D eigenvalue weighted by molar-refractivity contribution is -0.117. The SMILES string of the molecule is CN(CC(=O)Nc1nc2c(s1)CN(C)CC2)Cc1ccccc1. The Hall–Kier alpha value is -1.76. The highest BCUT2D eigenvalue weighted by Crippen LogP contribution is 2.27. The molecule has 0 spiro atoms. The lowest BCUT2D eigenvalue weighted by atomic mass is 10.2. The minimum Gasteiger partial charge on any atom is -0.301 e. The highest BCUT2D eigenvalue weighted by atomic mass is 32.1. The molecule has 2 aromatic rings. The van der Waals surface area contributed by atoms with Crippen LogP contribution < -0.4 is 5.32 Å². The number of nitrogens with one attached hydrogen (secondary N) is 1. The van der Waals surface area contributed by atoms with Gasteiger partial charge in [0.1, 0.15) is 0 Å². The fourth-order valence-electron chi connectivity index (χ4n) is 2.73. The van der Waals surface area contributed by atoms with Crippen molar-refractivity contribution in [3.05, 3.63) is 46.5 Å². The van der Waals surface area contributed by atoms with E-state index in [1.807, 2.05) is 30.1 Å². The van der Waals surface area contributed by atoms with Gasteiger partial charge in [-0.2, -0.15) is 0 Å². The van der Waals surface area contributed by atoms with Crippen molar-refractivity contribution in [2.75, 3.05) is 32.5 Å². The van der Waals surface area contributed by atoms with E-state index in [1.54, 1.807) is 11.3 Å². The van der Waals surface area contributed by atoms with Crippen LogP contribution in [0.1, 0.15) is 16.1 Å². The van der Waals surface area contributed by atoms with E-state index in [0.29, 0.717) is 6.54 Å². The number of hydrogen-bond acceptors (Lipinski definition) is 5. The molecular weight excluding hydrogens is 308 g/mol. The van der Waals surface area contributed by atoms with Gasteiger partial charge in [-0.1, -0.05) is 30.3 Å². The van der Waals surface area contributed by atoms with Gasteiger partial charge in [-0.05, 0) is 19.7 Å². The summed E-state index contributed by atoms with van der Waals surface area (Å²) in [7, 11) is 4.06. The monoisotopic (exact) mass is 330 g/mol. The van der Waals surface area contributed by atoms with Gasteiger partial charge in [0.2, 0.25) is 5.91 Å². The van der Waals surface area contributed by atoms with Gasteiger partial charge in [0.05, 0.1) is 12.2 Å². The van der Waals surface area contributed by atoms with Crippen molar-refractivity contribution in [1.82, 2.24) is 14.8 Å². The zero-order valence-electron chi connectivity index (χ0n) is 13.6. The summed E-state index contributed by atoms with van der Waals surface area (Å²) in [4.78, 5) is 22.3. The molecule has 3 rings (SSSR count). The summed E-state index contributed by atoms with van der Waals surface area (Å²) >= 11 is 1.60. The molecule has 0 radical (unpaired) electrons. The molecule has 5 nitrogen and oxygen atoms in total. The van der Waals surface area contributed by atoms with E-state index in [9.17, 15) is 4.79 Å². The Balaban J connectivity index is 1.53. The lowest BCUT2D eigenvalue weighted by Gasteiger charge is -2.20. The number of amides is 1. The third kappa shape index (κ3) is 4.37. The lowest BCUT2D eigenvalue weighted by Crippen LogP contribution is -2.29. The standard InChI is InChI=1S/C17H22N4OS/c1-20-9-8-14-15(11-20)23-17(18-14)19-16(22)12-21(2)10-13-6-4-3-5-7-13/h3-7H,8-12H2,1-2H3,(H,18,19,22). The summed E-state index contributed by atoms with van der Waals surface area (Å²) in [5, 5.41) is 3.66. The number of hydrogen-bond donors (Lipinski definition) is 1. The van der Waals surface area contributed by atoms with Crippen LogP contribution in [-0.2, 0) is 24.3 Å². The Morgan fingerprint density at radius 3 is 2.96 bits per heavy atom. The maximum absolute atomic E-state index is 12.2. The van der Waals surface area contributed by atoms with Gasteiger partial charge >= 0.3 is 0 Å². The van der Waals surface area contributed by atoms with Crippen LogP contribution in [0.25, 0.3) is 0 Å². The smallest absolute Gasteiger partial charge is 0.240 e. The van der Waals surface area contributed by atoms with Gasteiger partial charge in [0.25, 0.3) is 0 Å². The predicted octanol–water partition coefficient (Wildman–Crippen LogP) is 2.20. The minimum absolute atomic E-state index is 0.0112. The molecule has 0 saturated carbocycles. The van der Waals surface area contributed by atoms with Crippen molar-refractivity contribution in [3.8, 4) is 0 Å². The third-order valence-electron chi connectivity index (χ3n) is 3.88. The van der Waals surface area contributed by atoms with Gasteiger partial charge < -0.3 is 10.2 Å². The molecule has 0 bridgehead atoms. The number of aromatic nitrogens is 1. The Morgan fingerprint density at radius 1 is 1.39 bits per heavy atom. The first-order valence-corrected chi connectivity index (χ1v) is 8.61. The van der Waals surface area contributed by atoms with Gasteiger partial charge in [0.15, 0.2) is 5.13 Å². The van der Waals surface area contributed by atoms with Crippen molar-refractivity contribution in [3.63, 3.8) is 0 Å². The molecular formula is C17H22N4OS. The zero-order chi connectivity index (χ0) is 16.2. The first-order chi connectivity index (χ1) is 11.1. The first-order valence-electron chi connectivity index (χ1n) is 7.79. The first kappa shape index (κ1) is 16.1. The number of carbonyl (C=O) groups is 1. The average molecular weight is 330 g/mol. The summed E-state index contributed by atoms with van der Waals surface area (Å²) in [6.07, 6.45) is 0.964. The Morgan fingerprint density at radius 2 is 2.17 bits per heavy atom. The van der Waals surface area contributed by atoms with Crippen LogP contribution >= 0.6 is 11.3 Å². The predicted molar refractivity (Wildman–Crippen MR) is 93.6 cm³/mol. The molecule has 1 amide bonds. The molecule has 0 aliphatic carbocycles. The number of benzene rings is 1. The van der Waals surface area contributed by atoms with Crippen LogP contribution in [0.15, 0.2) is 30.3 Å². The molecule has 0 unspecified atom stereocenters.